The van der Waals surface area contributed by atoms with Crippen LogP contribution in [0.15, 0.2) is 246 Å². The Bertz CT molecular complexity index is 4740. The van der Waals surface area contributed by atoms with Crippen LogP contribution in [-0.4, -0.2) is 131 Å². The van der Waals surface area contributed by atoms with E-state index in [0.717, 1.165) is 52.0 Å². The molecule has 0 aliphatic rings. The number of hydrogen-bond donors (Lipinski definition) is 5. The van der Waals surface area contributed by atoms with Crippen molar-refractivity contribution in [3.05, 3.63) is 327 Å². The summed E-state index contributed by atoms with van der Waals surface area (Å²) in [6.07, 6.45) is 36.8. The van der Waals surface area contributed by atoms with Crippen molar-refractivity contribution >= 4 is 34.0 Å². The third-order valence-corrected chi connectivity index (χ3v) is 23.2. The predicted octanol–water partition coefficient (Wildman–Crippen LogP) is 31.1. The second-order valence-electron chi connectivity index (χ2n) is 51.8. The minimum absolute atomic E-state index is 0.00694. The molecule has 16 aromatic rings. The van der Waals surface area contributed by atoms with Crippen LogP contribution in [-0.2, 0) is 86.6 Å². The highest BCUT2D eigenvalue weighted by atomic mass is 32.1. The molecule has 150 heavy (non-hydrogen) atoms. The van der Waals surface area contributed by atoms with E-state index in [1.54, 1.807) is 115 Å². The van der Waals surface area contributed by atoms with Crippen LogP contribution in [0.2, 0.25) is 0 Å². The summed E-state index contributed by atoms with van der Waals surface area (Å²) < 4.78 is 9.78. The van der Waals surface area contributed by atoms with Crippen molar-refractivity contribution in [3.63, 3.8) is 0 Å². The zero-order chi connectivity index (χ0) is 115. The molecule has 0 atom stereocenters. The molecule has 15 heterocycles. The number of imidazole rings is 2. The molecule has 1 aromatic carbocycles. The minimum Gasteiger partial charge on any atom is -0.448 e. The number of hydrogen-bond acceptors (Lipinski definition) is 26. The monoisotopic (exact) mass is 2110 g/mol. The lowest BCUT2D eigenvalue weighted by Crippen LogP contribution is -2.14. The molecule has 0 radical (unpaired) electrons. The minimum atomic E-state index is 0.00694. The second-order valence-corrected chi connectivity index (χ2v) is 54.3. The van der Waals surface area contributed by atoms with Crippen LogP contribution in [0.3, 0.4) is 0 Å². The molecular formula is C119H188N26O2S3. The van der Waals surface area contributed by atoms with Crippen LogP contribution in [0.5, 0.6) is 0 Å². The van der Waals surface area contributed by atoms with Gasteiger partial charge in [-0.15, -0.1) is 44.2 Å². The fourth-order valence-corrected chi connectivity index (χ4v) is 12.9. The van der Waals surface area contributed by atoms with Gasteiger partial charge in [-0.25, -0.2) is 49.8 Å². The lowest BCUT2D eigenvalue weighted by molar-refractivity contribution is 0.392. The standard InChI is InChI=1S/C10H14.2C9H13N.3C8H12N2.3C7H12N2.2C7H11NO.3C7H11NS.C6H11N3.C5H10N4/c1-10(2,3)9-7-5-4-6-8-9;1-9(2,3)8-4-6-10-7-5-8;1-9(2,3)8-6-4-5-7-10-8;1-8(2,3)7-6-9-4-5-10-7;1-8(2,3)7-4-5-9-6-10-7;1-8(2,3)7-9-5-4-6-10-7;1-7(2,3)6-4-8-5-9-6;1-7(2,3)6-8-4-5-9-6;1-7(2,3)6-4-5-8-9-6;1-7(2,3)6-8-4-5-9-6;1-7(2,3)6-4-5-9-8-6;1-7(2,3)6-4-9-5-8-6;1-7(2,3)6-4-8-5-9-6;1-7(2,3)6-8-4-5-9-6;1-6(2,3)5-7-4-8-9-5;1-5(2,3)4-6-8-9-7-4/h4-8H,1-3H3;2*4-7H,1-3H3;3*4-6H,1-3H3;3*4-5H,1-3H3,(H,8,9);5*4-5H,1-3H3;4H,1-3H3,(H,7,8,9);1-3H3,(H,6,7,8,9). The fraction of sp³-hybridized carbons (Fsp3) is 0.538. The van der Waals surface area contributed by atoms with E-state index < -0.39 is 0 Å². The Labute approximate surface area is 914 Å². The van der Waals surface area contributed by atoms with Crippen molar-refractivity contribution in [2.45, 2.75) is 419 Å². The Morgan fingerprint density at radius 3 is 1.09 bits per heavy atom. The van der Waals surface area contributed by atoms with Gasteiger partial charge in [0.1, 0.15) is 42.7 Å². The van der Waals surface area contributed by atoms with Crippen molar-refractivity contribution < 1.29 is 8.94 Å². The molecule has 0 unspecified atom stereocenters. The van der Waals surface area contributed by atoms with Crippen LogP contribution in [0, 0.1) is 0 Å². The van der Waals surface area contributed by atoms with Gasteiger partial charge in [-0.3, -0.25) is 35.1 Å². The largest absolute Gasteiger partial charge is 0.448 e. The Kier molecular flexibility index (Phi) is 56.2. The molecule has 0 aliphatic carbocycles. The van der Waals surface area contributed by atoms with E-state index in [4.69, 9.17) is 8.94 Å². The molecule has 824 valence electrons. The quantitative estimate of drug-likeness (QED) is 0.0941. The third-order valence-electron chi connectivity index (χ3n) is 20.2. The molecule has 15 aromatic heterocycles. The summed E-state index contributed by atoms with van der Waals surface area (Å²) in [6, 6.07) is 28.3. The molecule has 0 aliphatic heterocycles. The molecule has 16 rings (SSSR count). The van der Waals surface area contributed by atoms with Crippen LogP contribution < -0.4 is 0 Å². The fourth-order valence-electron chi connectivity index (χ4n) is 10.7. The zero-order valence-electron chi connectivity index (χ0n) is 100. The molecule has 5 N–H and O–H groups in total. The van der Waals surface area contributed by atoms with Crippen LogP contribution in [0.1, 0.15) is 422 Å². The maximum absolute atomic E-state index is 5.09. The summed E-state index contributed by atoms with van der Waals surface area (Å²) in [5.74, 6) is 4.42. The first kappa shape index (κ1) is 136. The van der Waals surface area contributed by atoms with E-state index in [9.17, 15) is 0 Å². The number of thiazole rings is 3. The molecule has 0 spiro atoms. The summed E-state index contributed by atoms with van der Waals surface area (Å²) in [4.78, 5) is 68.7. The second kappa shape index (κ2) is 62.0. The third kappa shape index (κ3) is 60.7. The zero-order valence-corrected chi connectivity index (χ0v) is 103. The maximum Gasteiger partial charge on any atom is 0.199 e. The van der Waals surface area contributed by atoms with Gasteiger partial charge >= 0.3 is 0 Å². The van der Waals surface area contributed by atoms with Gasteiger partial charge in [-0.2, -0.15) is 15.4 Å². The van der Waals surface area contributed by atoms with Crippen molar-refractivity contribution in [1.29, 1.82) is 0 Å². The number of tetrazole rings is 1. The summed E-state index contributed by atoms with van der Waals surface area (Å²) >= 11 is 5.09. The highest BCUT2D eigenvalue weighted by molar-refractivity contribution is 7.10. The predicted molar refractivity (Wildman–Crippen MR) is 626 cm³/mol. The summed E-state index contributed by atoms with van der Waals surface area (Å²) in [5.41, 5.74) is 16.9. The van der Waals surface area contributed by atoms with Crippen molar-refractivity contribution in [2.75, 3.05) is 0 Å². The Morgan fingerprint density at radius 2 is 0.833 bits per heavy atom. The molecule has 0 saturated carbocycles. The number of oxazole rings is 1. The summed E-state index contributed by atoms with van der Waals surface area (Å²) in [7, 11) is 0. The molecule has 31 heteroatoms. The number of aromatic amines is 5. The summed E-state index contributed by atoms with van der Waals surface area (Å²) in [5, 5.41) is 36.0. The van der Waals surface area contributed by atoms with E-state index in [-0.39, 0.29) is 81.2 Å². The lowest BCUT2D eigenvalue weighted by Gasteiger charge is -2.18. The van der Waals surface area contributed by atoms with Crippen LogP contribution >= 0.6 is 34.0 Å². The first-order valence-electron chi connectivity index (χ1n) is 50.9. The SMILES string of the molecule is CC(C)(C)c1ccccc1.CC(C)(C)c1ccccn1.CC(C)(C)c1ccn[nH]1.CC(C)(C)c1ccncc1.CC(C)(C)c1ccncn1.CC(C)(C)c1ccon1.CC(C)(C)c1cnc[nH]1.CC(C)(C)c1cnccn1.CC(C)(C)c1cncs1.CC(C)(C)c1cscn1.CC(C)(C)c1ncc[nH]1.CC(C)(C)c1ncccn1.CC(C)(C)c1ncco1.CC(C)(C)c1nccs1.CC(C)(C)c1ncn[nH]1.CC(C)(C)c1nn[nH]n1. The normalized spacial score (nSPS) is 11.7. The lowest BCUT2D eigenvalue weighted by atomic mass is 9.87. The molecule has 0 saturated heterocycles. The molecule has 28 nitrogen and oxygen atoms in total. The highest BCUT2D eigenvalue weighted by Crippen LogP contribution is 2.30. The van der Waals surface area contributed by atoms with Gasteiger partial charge in [0.15, 0.2) is 11.7 Å². The number of rotatable bonds is 0. The van der Waals surface area contributed by atoms with Crippen molar-refractivity contribution in [2.24, 2.45) is 0 Å². The van der Waals surface area contributed by atoms with Gasteiger partial charge in [0.05, 0.1) is 45.6 Å². The smallest absolute Gasteiger partial charge is 0.199 e. The Morgan fingerprint density at radius 1 is 0.287 bits per heavy atom. The van der Waals surface area contributed by atoms with Crippen molar-refractivity contribution in [1.82, 2.24) is 131 Å². The Balaban J connectivity index is 0.000000800. The number of benzene rings is 1. The van der Waals surface area contributed by atoms with E-state index in [1.165, 1.54) is 44.4 Å². The van der Waals surface area contributed by atoms with Gasteiger partial charge in [0, 0.05) is 208 Å². The van der Waals surface area contributed by atoms with E-state index in [2.05, 4.69) is 496 Å². The first-order chi connectivity index (χ1) is 68.7. The van der Waals surface area contributed by atoms with E-state index >= 15 is 0 Å². The number of pyridine rings is 2. The van der Waals surface area contributed by atoms with Gasteiger partial charge in [-0.05, 0) is 69.8 Å². The van der Waals surface area contributed by atoms with E-state index in [1.807, 2.05) is 117 Å². The topological polar surface area (TPSA) is 376 Å². The molecule has 0 fully saturated rings. The first-order valence-corrected chi connectivity index (χ1v) is 53.6. The number of nitrogens with zero attached hydrogens (tertiary/aromatic N) is 21. The molecular weight excluding hydrogens is 1920 g/mol. The van der Waals surface area contributed by atoms with Crippen molar-refractivity contribution in [3.8, 4) is 0 Å². The van der Waals surface area contributed by atoms with Gasteiger partial charge in [0.2, 0.25) is 0 Å². The highest BCUT2D eigenvalue weighted by Gasteiger charge is 2.25. The number of aromatic nitrogens is 26. The van der Waals surface area contributed by atoms with Gasteiger partial charge < -0.3 is 18.9 Å². The van der Waals surface area contributed by atoms with Gasteiger partial charge in [0.25, 0.3) is 0 Å². The number of H-pyrrole nitrogens is 5. The van der Waals surface area contributed by atoms with E-state index in [0.29, 0.717) is 5.41 Å². The van der Waals surface area contributed by atoms with Gasteiger partial charge in [-0.1, -0.05) is 379 Å². The Hall–Kier alpha value is -12.1. The summed E-state index contributed by atoms with van der Waals surface area (Å²) in [6.45, 7) is 103. The van der Waals surface area contributed by atoms with Crippen LogP contribution in [0.25, 0.3) is 0 Å². The maximum atomic E-state index is 5.09. The van der Waals surface area contributed by atoms with Crippen LogP contribution in [0.4, 0.5) is 0 Å². The molecule has 0 bridgehead atoms. The molecule has 0 amide bonds. The average Bonchev–Trinajstić information content (AvgIpc) is 1.21. The average molecular weight is 2110 g/mol. The number of nitrogens with one attached hydrogen (secondary N) is 5.